The van der Waals surface area contributed by atoms with Crippen LogP contribution in [0.1, 0.15) is 12.5 Å². The van der Waals surface area contributed by atoms with Gasteiger partial charge in [-0.25, -0.2) is 18.2 Å². The Bertz CT molecular complexity index is 1230. The molecule has 0 fully saturated rings. The van der Waals surface area contributed by atoms with Crippen molar-refractivity contribution in [2.75, 3.05) is 0 Å². The predicted octanol–water partition coefficient (Wildman–Crippen LogP) is 4.42. The third-order valence-electron chi connectivity index (χ3n) is 4.85. The van der Waals surface area contributed by atoms with Gasteiger partial charge in [-0.3, -0.25) is 0 Å². The van der Waals surface area contributed by atoms with E-state index in [4.69, 9.17) is 10.2 Å². The van der Waals surface area contributed by atoms with Gasteiger partial charge in [-0.2, -0.15) is 5.10 Å². The second-order valence-corrected chi connectivity index (χ2v) is 8.34. The number of sulfonamides is 1. The van der Waals surface area contributed by atoms with E-state index in [1.54, 1.807) is 12.1 Å². The monoisotopic (exact) mass is 403 g/mol. The summed E-state index contributed by atoms with van der Waals surface area (Å²) >= 11 is 0. The molecule has 1 aromatic heterocycles. The van der Waals surface area contributed by atoms with Gasteiger partial charge < -0.3 is 0 Å². The van der Waals surface area contributed by atoms with Crippen molar-refractivity contribution < 1.29 is 8.42 Å². The molecule has 0 amide bonds. The maximum atomic E-state index is 11.6. The zero-order valence-electron chi connectivity index (χ0n) is 16.0. The second-order valence-electron chi connectivity index (χ2n) is 6.78. The molecule has 2 N–H and O–H groups in total. The number of rotatable bonds is 5. The number of nitrogens with two attached hydrogens (primary N) is 1. The van der Waals surface area contributed by atoms with Crippen molar-refractivity contribution in [2.24, 2.45) is 5.14 Å². The Morgan fingerprint density at radius 2 is 1.52 bits per heavy atom. The molecule has 0 atom stereocenters. The van der Waals surface area contributed by atoms with Crippen molar-refractivity contribution in [1.29, 1.82) is 0 Å². The topological polar surface area (TPSA) is 78.0 Å². The molecule has 3 aromatic carbocycles. The molecular formula is C23H21N3O2S. The average Bonchev–Trinajstić information content (AvgIpc) is 3.19. The second kappa shape index (κ2) is 7.66. The van der Waals surface area contributed by atoms with Gasteiger partial charge in [0.15, 0.2) is 0 Å². The molecule has 0 unspecified atom stereocenters. The van der Waals surface area contributed by atoms with E-state index in [1.165, 1.54) is 17.7 Å². The van der Waals surface area contributed by atoms with Gasteiger partial charge in [0.1, 0.15) is 0 Å². The highest BCUT2D eigenvalue weighted by Gasteiger charge is 2.14. The molecule has 0 saturated carbocycles. The van der Waals surface area contributed by atoms with Crippen molar-refractivity contribution >= 4 is 10.0 Å². The van der Waals surface area contributed by atoms with Gasteiger partial charge in [0.2, 0.25) is 10.0 Å². The fourth-order valence-corrected chi connectivity index (χ4v) is 3.74. The van der Waals surface area contributed by atoms with Crippen LogP contribution in [0.5, 0.6) is 0 Å². The van der Waals surface area contributed by atoms with Crippen LogP contribution in [0.2, 0.25) is 0 Å². The number of hydrogen-bond acceptors (Lipinski definition) is 3. The van der Waals surface area contributed by atoms with Crippen molar-refractivity contribution in [1.82, 2.24) is 9.78 Å². The van der Waals surface area contributed by atoms with E-state index in [0.717, 1.165) is 34.6 Å². The Morgan fingerprint density at radius 1 is 0.862 bits per heavy atom. The fourth-order valence-electron chi connectivity index (χ4n) is 3.22. The van der Waals surface area contributed by atoms with Crippen molar-refractivity contribution in [3.63, 3.8) is 0 Å². The third-order valence-corrected chi connectivity index (χ3v) is 5.78. The lowest BCUT2D eigenvalue weighted by Gasteiger charge is -2.08. The first-order valence-corrected chi connectivity index (χ1v) is 10.9. The average molecular weight is 404 g/mol. The summed E-state index contributed by atoms with van der Waals surface area (Å²) in [5, 5.41) is 10.0. The van der Waals surface area contributed by atoms with E-state index in [0.29, 0.717) is 0 Å². The van der Waals surface area contributed by atoms with Crippen LogP contribution in [0.3, 0.4) is 0 Å². The lowest BCUT2D eigenvalue weighted by molar-refractivity contribution is 0.598. The summed E-state index contributed by atoms with van der Waals surface area (Å²) in [5.41, 5.74) is 5.85. The zero-order chi connectivity index (χ0) is 20.4. The molecule has 0 aliphatic heterocycles. The standard InChI is InChI=1S/C23H21N3O2S/c1-2-17-8-10-18(11-9-17)22-16-23(19-6-4-3-5-7-19)26(25-22)20-12-14-21(15-13-20)29(24,27)28/h3-16H,2H2,1H3,(H2,24,27,28). The molecule has 0 aliphatic carbocycles. The zero-order valence-corrected chi connectivity index (χ0v) is 16.8. The van der Waals surface area contributed by atoms with Crippen LogP contribution in [0.25, 0.3) is 28.2 Å². The van der Waals surface area contributed by atoms with Crippen LogP contribution in [0.15, 0.2) is 89.8 Å². The smallest absolute Gasteiger partial charge is 0.232 e. The maximum absolute atomic E-state index is 11.6. The van der Waals surface area contributed by atoms with Crippen molar-refractivity contribution in [3.8, 4) is 28.2 Å². The van der Waals surface area contributed by atoms with Gasteiger partial charge in [0.05, 0.1) is 22.0 Å². The maximum Gasteiger partial charge on any atom is 0.238 e. The summed E-state index contributed by atoms with van der Waals surface area (Å²) in [7, 11) is -3.74. The predicted molar refractivity (Wildman–Crippen MR) is 115 cm³/mol. The van der Waals surface area contributed by atoms with Gasteiger partial charge >= 0.3 is 0 Å². The van der Waals surface area contributed by atoms with Crippen LogP contribution >= 0.6 is 0 Å². The number of benzene rings is 3. The molecule has 5 nitrogen and oxygen atoms in total. The van der Waals surface area contributed by atoms with E-state index in [9.17, 15) is 8.42 Å². The fraction of sp³-hybridized carbons (Fsp3) is 0.0870. The number of aryl methyl sites for hydroxylation is 1. The van der Waals surface area contributed by atoms with Crippen LogP contribution in [-0.4, -0.2) is 18.2 Å². The minimum atomic E-state index is -3.74. The third kappa shape index (κ3) is 3.99. The summed E-state index contributed by atoms with van der Waals surface area (Å²) in [4.78, 5) is 0.0741. The molecule has 4 aromatic rings. The van der Waals surface area contributed by atoms with E-state index in [-0.39, 0.29) is 4.90 Å². The van der Waals surface area contributed by atoms with E-state index in [2.05, 4.69) is 31.2 Å². The Morgan fingerprint density at radius 3 is 2.10 bits per heavy atom. The van der Waals surface area contributed by atoms with Crippen molar-refractivity contribution in [3.05, 3.63) is 90.5 Å². The normalized spacial score (nSPS) is 11.5. The Hall–Kier alpha value is -3.22. The van der Waals surface area contributed by atoms with Gasteiger partial charge in [-0.1, -0.05) is 61.5 Å². The molecule has 0 bridgehead atoms. The quantitative estimate of drug-likeness (QED) is 0.536. The lowest BCUT2D eigenvalue weighted by Crippen LogP contribution is -2.12. The minimum Gasteiger partial charge on any atom is -0.232 e. The Labute approximate surface area is 170 Å². The molecular weight excluding hydrogens is 382 g/mol. The lowest BCUT2D eigenvalue weighted by atomic mass is 10.1. The first-order chi connectivity index (χ1) is 14.0. The molecule has 6 heteroatoms. The SMILES string of the molecule is CCc1ccc(-c2cc(-c3ccccc3)n(-c3ccc(S(N)(=O)=O)cc3)n2)cc1. The number of nitrogens with zero attached hydrogens (tertiary/aromatic N) is 2. The van der Waals surface area contributed by atoms with Gasteiger partial charge in [-0.15, -0.1) is 0 Å². The first-order valence-electron chi connectivity index (χ1n) is 9.34. The van der Waals surface area contributed by atoms with Gasteiger partial charge in [0, 0.05) is 11.1 Å². The van der Waals surface area contributed by atoms with Crippen LogP contribution in [0, 0.1) is 0 Å². The van der Waals surface area contributed by atoms with E-state index in [1.807, 2.05) is 41.1 Å². The number of hydrogen-bond donors (Lipinski definition) is 1. The van der Waals surface area contributed by atoms with E-state index >= 15 is 0 Å². The highest BCUT2D eigenvalue weighted by molar-refractivity contribution is 7.89. The van der Waals surface area contributed by atoms with Gasteiger partial charge in [0.25, 0.3) is 0 Å². The molecule has 29 heavy (non-hydrogen) atoms. The highest BCUT2D eigenvalue weighted by atomic mass is 32.2. The molecule has 0 spiro atoms. The largest absolute Gasteiger partial charge is 0.238 e. The van der Waals surface area contributed by atoms with Crippen LogP contribution < -0.4 is 5.14 Å². The molecule has 0 saturated heterocycles. The number of aromatic nitrogens is 2. The Kier molecular flexibility index (Phi) is 5.05. The summed E-state index contributed by atoms with van der Waals surface area (Å²) < 4.78 is 25.0. The molecule has 1 heterocycles. The number of primary sulfonamides is 1. The van der Waals surface area contributed by atoms with Gasteiger partial charge in [-0.05, 0) is 42.3 Å². The summed E-state index contributed by atoms with van der Waals surface area (Å²) in [6, 6.07) is 26.8. The minimum absolute atomic E-state index is 0.0741. The molecule has 4 rings (SSSR count). The highest BCUT2D eigenvalue weighted by Crippen LogP contribution is 2.29. The molecule has 0 aliphatic rings. The summed E-state index contributed by atoms with van der Waals surface area (Å²) in [6.07, 6.45) is 0.986. The summed E-state index contributed by atoms with van der Waals surface area (Å²) in [5.74, 6) is 0. The first kappa shape index (κ1) is 19.1. The van der Waals surface area contributed by atoms with Crippen molar-refractivity contribution in [2.45, 2.75) is 18.2 Å². The molecule has 0 radical (unpaired) electrons. The van der Waals surface area contributed by atoms with E-state index < -0.39 is 10.0 Å². The van der Waals surface area contributed by atoms with Crippen LogP contribution in [-0.2, 0) is 16.4 Å². The molecule has 146 valence electrons. The van der Waals surface area contributed by atoms with Crippen LogP contribution in [0.4, 0.5) is 0 Å². The Balaban J connectivity index is 1.84. The summed E-state index contributed by atoms with van der Waals surface area (Å²) in [6.45, 7) is 2.13.